The van der Waals surface area contributed by atoms with Crippen LogP contribution in [0.2, 0.25) is 0 Å². The molecule has 3 fully saturated rings. The predicted molar refractivity (Wildman–Crippen MR) is 107 cm³/mol. The molecule has 4 atom stereocenters. The van der Waals surface area contributed by atoms with Crippen molar-refractivity contribution in [3.63, 3.8) is 0 Å². The average molecular weight is 550 g/mol. The Labute approximate surface area is 178 Å². The molecule has 1 aliphatic heterocycles. The zero-order chi connectivity index (χ0) is 18.9. The van der Waals surface area contributed by atoms with Crippen LogP contribution in [0.25, 0.3) is 0 Å². The second-order valence-electron chi connectivity index (χ2n) is 9.71. The molecule has 2 saturated carbocycles. The third-order valence-electron chi connectivity index (χ3n) is 6.31. The van der Waals surface area contributed by atoms with E-state index in [1.165, 1.54) is 18.5 Å². The van der Waals surface area contributed by atoms with Crippen molar-refractivity contribution in [1.29, 1.82) is 0 Å². The molecule has 0 aromatic heterocycles. The summed E-state index contributed by atoms with van der Waals surface area (Å²) < 4.78 is 0. The first-order chi connectivity index (χ1) is 12.2. The number of fused-ring (bicyclic) bond motifs is 1. The first-order valence-corrected chi connectivity index (χ1v) is 10.2. The van der Waals surface area contributed by atoms with Gasteiger partial charge in [-0.15, -0.1) is 11.1 Å². The molecule has 1 radical (unpaired) electrons. The van der Waals surface area contributed by atoms with Crippen molar-refractivity contribution >= 4 is 5.69 Å². The Morgan fingerprint density at radius 2 is 1.74 bits per heavy atom. The summed E-state index contributed by atoms with van der Waals surface area (Å²) in [5.74, 6) is 0.831. The molecule has 3 aliphatic rings. The smallest absolute Gasteiger partial charge is 0.0595 e. The Kier molecular flexibility index (Phi) is 7.58. The van der Waals surface area contributed by atoms with E-state index in [1.807, 2.05) is 12.1 Å². The molecule has 4 rings (SSSR count). The minimum atomic E-state index is -0.216. The first kappa shape index (κ1) is 22.9. The third-order valence-corrected chi connectivity index (χ3v) is 6.31. The summed E-state index contributed by atoms with van der Waals surface area (Å²) in [5, 5.41) is 19.1. The maximum Gasteiger partial charge on any atom is 0.0595 e. The number of nitrogens with zero attached hydrogens (tertiary/aromatic N) is 1. The largest absolute Gasteiger partial charge is 0.538 e. The Hall–Kier alpha value is -0.411. The summed E-state index contributed by atoms with van der Waals surface area (Å²) in [5.41, 5.74) is 1.65. The van der Waals surface area contributed by atoms with Gasteiger partial charge in [0.05, 0.1) is 12.2 Å². The maximum absolute atomic E-state index is 9.59. The molecule has 1 aromatic rings. The Bertz CT molecular complexity index is 587. The van der Waals surface area contributed by atoms with Gasteiger partial charge in [-0.3, -0.25) is 0 Å². The molecule has 1 aromatic carbocycles. The Balaban J connectivity index is 0.000000194. The number of anilines is 1. The molecular formula is C23H35IrNO2-2. The molecule has 155 valence electrons. The van der Waals surface area contributed by atoms with Crippen LogP contribution in [-0.4, -0.2) is 28.0 Å². The summed E-state index contributed by atoms with van der Waals surface area (Å²) in [7, 11) is 0. The van der Waals surface area contributed by atoms with Gasteiger partial charge in [0.15, 0.2) is 0 Å². The van der Waals surface area contributed by atoms with E-state index in [1.54, 1.807) is 0 Å². The van der Waals surface area contributed by atoms with E-state index in [0.717, 1.165) is 25.7 Å². The van der Waals surface area contributed by atoms with Gasteiger partial charge in [-0.2, -0.15) is 30.3 Å². The van der Waals surface area contributed by atoms with Crippen LogP contribution in [0.15, 0.2) is 24.3 Å². The van der Waals surface area contributed by atoms with E-state index < -0.39 is 0 Å². The summed E-state index contributed by atoms with van der Waals surface area (Å²) in [6.07, 6.45) is 6.06. The van der Waals surface area contributed by atoms with Crippen LogP contribution in [0.5, 0.6) is 0 Å². The van der Waals surface area contributed by atoms with Crippen molar-refractivity contribution in [2.45, 2.75) is 84.0 Å². The van der Waals surface area contributed by atoms with E-state index in [-0.39, 0.29) is 49.2 Å². The molecule has 0 bridgehead atoms. The zero-order valence-electron chi connectivity index (χ0n) is 17.1. The van der Waals surface area contributed by atoms with E-state index in [2.05, 4.69) is 57.3 Å². The summed E-state index contributed by atoms with van der Waals surface area (Å²) in [6.45, 7) is 11.5. The summed E-state index contributed by atoms with van der Waals surface area (Å²) in [4.78, 5) is 2.35. The molecule has 0 spiro atoms. The normalized spacial score (nSPS) is 33.5. The van der Waals surface area contributed by atoms with Crippen molar-refractivity contribution < 1.29 is 30.3 Å². The van der Waals surface area contributed by atoms with Gasteiger partial charge in [0.25, 0.3) is 0 Å². The molecule has 0 amide bonds. The molecular weight excluding hydrogens is 514 g/mol. The van der Waals surface area contributed by atoms with Crippen molar-refractivity contribution in [3.8, 4) is 0 Å². The van der Waals surface area contributed by atoms with E-state index >= 15 is 0 Å². The fraction of sp³-hybridized carbons (Fsp3) is 0.696. The number of aliphatic hydroxyl groups excluding tert-OH is 2. The Morgan fingerprint density at radius 1 is 1.04 bits per heavy atom. The number of benzene rings is 1. The van der Waals surface area contributed by atoms with Gasteiger partial charge in [0, 0.05) is 31.6 Å². The van der Waals surface area contributed by atoms with Gasteiger partial charge >= 0.3 is 0 Å². The van der Waals surface area contributed by atoms with Crippen LogP contribution in [0, 0.1) is 29.9 Å². The van der Waals surface area contributed by atoms with Crippen molar-refractivity contribution in [2.75, 3.05) is 4.90 Å². The van der Waals surface area contributed by atoms with Gasteiger partial charge in [-0.1, -0.05) is 26.7 Å². The van der Waals surface area contributed by atoms with Gasteiger partial charge in [-0.25, -0.2) is 6.54 Å². The Morgan fingerprint density at radius 3 is 2.30 bits per heavy atom. The molecule has 27 heavy (non-hydrogen) atoms. The molecule has 2 aliphatic carbocycles. The number of hydrogen-bond acceptors (Lipinski definition) is 3. The average Bonchev–Trinajstić information content (AvgIpc) is 3.06. The standard InChI is InChI=1S/C14H19N.C9H16O2.Ir/c1-13(2)10-14(3,4)15(11-13)12-8-6-5-7-9-12;10-7-3-1-2-6-4-5-8(11)9(6)7;/h5-8,11H,10H2,1-4H3;6-11H,1-5H2;/q-2;;. The predicted octanol–water partition coefficient (Wildman–Crippen LogP) is 4.58. The second-order valence-corrected chi connectivity index (χ2v) is 9.71. The number of para-hydroxylation sites is 1. The minimum absolute atomic E-state index is 0. The summed E-state index contributed by atoms with van der Waals surface area (Å²) >= 11 is 0. The third kappa shape index (κ3) is 5.35. The number of aliphatic hydroxyl groups is 2. The fourth-order valence-electron chi connectivity index (χ4n) is 5.47. The molecule has 3 nitrogen and oxygen atoms in total. The quantitative estimate of drug-likeness (QED) is 0.504. The first-order valence-electron chi connectivity index (χ1n) is 10.2. The number of hydrogen-bond donors (Lipinski definition) is 2. The van der Waals surface area contributed by atoms with E-state index in [4.69, 9.17) is 0 Å². The molecule has 1 heterocycles. The number of rotatable bonds is 1. The van der Waals surface area contributed by atoms with E-state index in [0.29, 0.717) is 5.92 Å². The topological polar surface area (TPSA) is 43.7 Å². The van der Waals surface area contributed by atoms with Gasteiger partial charge in [0.2, 0.25) is 0 Å². The van der Waals surface area contributed by atoms with Crippen LogP contribution < -0.4 is 4.90 Å². The van der Waals surface area contributed by atoms with Crippen LogP contribution in [-0.2, 0) is 20.1 Å². The minimum Gasteiger partial charge on any atom is -0.538 e. The van der Waals surface area contributed by atoms with Crippen molar-refractivity contribution in [2.24, 2.45) is 17.3 Å². The molecule has 1 saturated heterocycles. The zero-order valence-corrected chi connectivity index (χ0v) is 19.5. The summed E-state index contributed by atoms with van der Waals surface area (Å²) in [6, 6.07) is 11.5. The second kappa shape index (κ2) is 8.95. The maximum atomic E-state index is 9.59. The molecule has 2 N–H and O–H groups in total. The fourth-order valence-corrected chi connectivity index (χ4v) is 5.47. The van der Waals surface area contributed by atoms with Crippen LogP contribution >= 0.6 is 0 Å². The van der Waals surface area contributed by atoms with Gasteiger partial charge in [0.1, 0.15) is 0 Å². The monoisotopic (exact) mass is 550 g/mol. The van der Waals surface area contributed by atoms with Crippen LogP contribution in [0.4, 0.5) is 5.69 Å². The van der Waals surface area contributed by atoms with Crippen LogP contribution in [0.1, 0.15) is 66.2 Å². The van der Waals surface area contributed by atoms with Crippen LogP contribution in [0.3, 0.4) is 0 Å². The van der Waals surface area contributed by atoms with Gasteiger partial charge in [-0.05, 0) is 45.4 Å². The van der Waals surface area contributed by atoms with Crippen molar-refractivity contribution in [1.82, 2.24) is 0 Å². The van der Waals surface area contributed by atoms with Crippen molar-refractivity contribution in [3.05, 3.63) is 36.9 Å². The SMILES string of the molecule is CC1(C)[CH-]N(c2[c-]cccc2)C(C)(C)C1.OC1CCCC2CCC(O)C12.[Ir]. The van der Waals surface area contributed by atoms with Gasteiger partial charge < -0.3 is 15.1 Å². The molecule has 4 unspecified atom stereocenters. The van der Waals surface area contributed by atoms with E-state index in [9.17, 15) is 10.2 Å². The molecule has 4 heteroatoms.